The minimum absolute atomic E-state index is 0.126. The van der Waals surface area contributed by atoms with Crippen LogP contribution in [0.25, 0.3) is 0 Å². The average Bonchev–Trinajstić information content (AvgIpc) is 2.74. The Hall–Kier alpha value is -0.910. The van der Waals surface area contributed by atoms with Crippen molar-refractivity contribution < 1.29 is 14.7 Å². The van der Waals surface area contributed by atoms with E-state index in [1.54, 1.807) is 13.8 Å². The Morgan fingerprint density at radius 2 is 2.18 bits per heavy atom. The zero-order valence-corrected chi connectivity index (χ0v) is 11.0. The number of rotatable bonds is 5. The molecule has 0 aromatic carbocycles. The highest BCUT2D eigenvalue weighted by atomic mass is 32.2. The number of hydrogen-bond donors (Lipinski definition) is 3. The summed E-state index contributed by atoms with van der Waals surface area (Å²) in [6.45, 7) is 4.15. The normalized spacial score (nSPS) is 21.2. The molecule has 0 bridgehead atoms. The lowest BCUT2D eigenvalue weighted by atomic mass is 10.1. The molecule has 1 heterocycles. The van der Waals surface area contributed by atoms with Gasteiger partial charge < -0.3 is 15.7 Å². The highest BCUT2D eigenvalue weighted by Gasteiger charge is 2.24. The lowest BCUT2D eigenvalue weighted by Gasteiger charge is -2.19. The Labute approximate surface area is 106 Å². The van der Waals surface area contributed by atoms with Crippen molar-refractivity contribution in [2.75, 3.05) is 12.3 Å². The van der Waals surface area contributed by atoms with Crippen LogP contribution in [0.3, 0.4) is 0 Å². The second-order valence-electron chi connectivity index (χ2n) is 4.55. The van der Waals surface area contributed by atoms with Gasteiger partial charge in [0, 0.05) is 11.8 Å². The molecule has 0 aromatic heterocycles. The van der Waals surface area contributed by atoms with Crippen LogP contribution in [0.5, 0.6) is 0 Å². The van der Waals surface area contributed by atoms with E-state index in [4.69, 9.17) is 5.11 Å². The molecule has 0 spiro atoms. The Kier molecular flexibility index (Phi) is 5.61. The second-order valence-corrected chi connectivity index (χ2v) is 5.96. The smallest absolute Gasteiger partial charge is 0.326 e. The van der Waals surface area contributed by atoms with E-state index in [0.29, 0.717) is 11.8 Å². The predicted molar refractivity (Wildman–Crippen MR) is 68.3 cm³/mol. The van der Waals surface area contributed by atoms with Gasteiger partial charge in [-0.1, -0.05) is 13.8 Å². The summed E-state index contributed by atoms with van der Waals surface area (Å²) in [5.74, 6) is 0.0297. The van der Waals surface area contributed by atoms with E-state index in [-0.39, 0.29) is 5.92 Å². The minimum atomic E-state index is -0.995. The Morgan fingerprint density at radius 3 is 2.65 bits per heavy atom. The first kappa shape index (κ1) is 14.2. The van der Waals surface area contributed by atoms with Crippen molar-refractivity contribution in [2.45, 2.75) is 38.0 Å². The molecule has 1 unspecified atom stereocenters. The van der Waals surface area contributed by atoms with Crippen LogP contribution in [0.4, 0.5) is 4.79 Å². The number of carbonyl (C=O) groups is 2. The molecule has 0 aromatic rings. The van der Waals surface area contributed by atoms with Gasteiger partial charge in [-0.05, 0) is 24.5 Å². The quantitative estimate of drug-likeness (QED) is 0.696. The highest BCUT2D eigenvalue weighted by Crippen LogP contribution is 2.25. The summed E-state index contributed by atoms with van der Waals surface area (Å²) in [7, 11) is 0. The molecule has 0 radical (unpaired) electrons. The van der Waals surface area contributed by atoms with E-state index in [9.17, 15) is 9.59 Å². The Morgan fingerprint density at radius 1 is 1.47 bits per heavy atom. The van der Waals surface area contributed by atoms with Gasteiger partial charge in [0.2, 0.25) is 0 Å². The molecule has 1 fully saturated rings. The van der Waals surface area contributed by atoms with Gasteiger partial charge in [0.1, 0.15) is 6.04 Å². The topological polar surface area (TPSA) is 78.4 Å². The SMILES string of the molecule is CC(C)[C@H](NC(=O)NCC1CCCS1)C(=O)O. The molecule has 2 amide bonds. The summed E-state index contributed by atoms with van der Waals surface area (Å²) < 4.78 is 0. The van der Waals surface area contributed by atoms with E-state index < -0.39 is 18.0 Å². The fourth-order valence-electron chi connectivity index (χ4n) is 1.72. The van der Waals surface area contributed by atoms with Crippen molar-refractivity contribution in [2.24, 2.45) is 5.92 Å². The van der Waals surface area contributed by atoms with Crippen LogP contribution in [0, 0.1) is 5.92 Å². The fraction of sp³-hybridized carbons (Fsp3) is 0.818. The second kappa shape index (κ2) is 6.74. The summed E-state index contributed by atoms with van der Waals surface area (Å²) in [5, 5.41) is 14.6. The third-order valence-corrected chi connectivity index (χ3v) is 4.13. The zero-order chi connectivity index (χ0) is 12.8. The van der Waals surface area contributed by atoms with E-state index in [1.165, 1.54) is 6.42 Å². The predicted octanol–water partition coefficient (Wildman–Crippen LogP) is 1.29. The summed E-state index contributed by atoms with van der Waals surface area (Å²) in [6.07, 6.45) is 2.32. The molecule has 17 heavy (non-hydrogen) atoms. The molecule has 98 valence electrons. The van der Waals surface area contributed by atoms with Crippen LogP contribution in [-0.4, -0.2) is 40.7 Å². The number of hydrogen-bond acceptors (Lipinski definition) is 3. The molecule has 0 aliphatic carbocycles. The highest BCUT2D eigenvalue weighted by molar-refractivity contribution is 8.00. The summed E-state index contributed by atoms with van der Waals surface area (Å²) >= 11 is 1.86. The van der Waals surface area contributed by atoms with Gasteiger partial charge in [-0.15, -0.1) is 0 Å². The van der Waals surface area contributed by atoms with Crippen molar-refractivity contribution in [3.8, 4) is 0 Å². The minimum Gasteiger partial charge on any atom is -0.480 e. The van der Waals surface area contributed by atoms with E-state index >= 15 is 0 Å². The first-order chi connectivity index (χ1) is 8.00. The number of carboxylic acid groups (broad SMARTS) is 1. The molecule has 5 nitrogen and oxygen atoms in total. The van der Waals surface area contributed by atoms with Crippen LogP contribution in [0.2, 0.25) is 0 Å². The molecule has 1 aliphatic heterocycles. The van der Waals surface area contributed by atoms with Crippen molar-refractivity contribution in [3.63, 3.8) is 0 Å². The van der Waals surface area contributed by atoms with Gasteiger partial charge in [-0.3, -0.25) is 0 Å². The molecule has 6 heteroatoms. The van der Waals surface area contributed by atoms with Crippen molar-refractivity contribution in [3.05, 3.63) is 0 Å². The van der Waals surface area contributed by atoms with Crippen LogP contribution < -0.4 is 10.6 Å². The first-order valence-electron chi connectivity index (χ1n) is 5.89. The van der Waals surface area contributed by atoms with Crippen LogP contribution >= 0.6 is 11.8 Å². The number of urea groups is 1. The summed E-state index contributed by atoms with van der Waals surface area (Å²) in [4.78, 5) is 22.4. The maximum absolute atomic E-state index is 11.5. The molecule has 2 atom stereocenters. The number of aliphatic carboxylic acids is 1. The van der Waals surface area contributed by atoms with Crippen LogP contribution in [0.1, 0.15) is 26.7 Å². The summed E-state index contributed by atoms with van der Waals surface area (Å²) in [6, 6.07) is -1.22. The molecule has 1 saturated heterocycles. The molecular weight excluding hydrogens is 240 g/mol. The van der Waals surface area contributed by atoms with E-state index in [2.05, 4.69) is 10.6 Å². The standard InChI is InChI=1S/C11H20N2O3S/c1-7(2)9(10(14)15)13-11(16)12-6-8-4-3-5-17-8/h7-9H,3-6H2,1-2H3,(H,14,15)(H2,12,13,16)/t8?,9-/m0/s1. The number of amides is 2. The van der Waals surface area contributed by atoms with Gasteiger partial charge in [0.05, 0.1) is 0 Å². The zero-order valence-electron chi connectivity index (χ0n) is 10.2. The molecule has 1 rings (SSSR count). The van der Waals surface area contributed by atoms with Gasteiger partial charge in [0.15, 0.2) is 0 Å². The lowest BCUT2D eigenvalue weighted by molar-refractivity contribution is -0.140. The third-order valence-electron chi connectivity index (χ3n) is 2.73. The van der Waals surface area contributed by atoms with Crippen LogP contribution in [-0.2, 0) is 4.79 Å². The lowest BCUT2D eigenvalue weighted by Crippen LogP contribution is -2.49. The van der Waals surface area contributed by atoms with Gasteiger partial charge >= 0.3 is 12.0 Å². The van der Waals surface area contributed by atoms with Crippen LogP contribution in [0.15, 0.2) is 0 Å². The van der Waals surface area contributed by atoms with Crippen molar-refractivity contribution in [1.29, 1.82) is 0 Å². The summed E-state index contributed by atoms with van der Waals surface area (Å²) in [5.41, 5.74) is 0. The van der Waals surface area contributed by atoms with Gasteiger partial charge in [-0.25, -0.2) is 9.59 Å². The third kappa shape index (κ3) is 4.85. The maximum Gasteiger partial charge on any atom is 0.326 e. The van der Waals surface area contributed by atoms with E-state index in [1.807, 2.05) is 11.8 Å². The molecule has 0 saturated carbocycles. The van der Waals surface area contributed by atoms with Gasteiger partial charge in [0.25, 0.3) is 0 Å². The van der Waals surface area contributed by atoms with Crippen molar-refractivity contribution >= 4 is 23.8 Å². The Balaban J connectivity index is 2.29. The Bertz CT molecular complexity index is 278. The molecule has 3 N–H and O–H groups in total. The molecule has 1 aliphatic rings. The fourth-order valence-corrected chi connectivity index (χ4v) is 2.92. The number of carboxylic acids is 1. The number of nitrogens with one attached hydrogen (secondary N) is 2. The first-order valence-corrected chi connectivity index (χ1v) is 6.94. The maximum atomic E-state index is 11.5. The molecular formula is C11H20N2O3S. The largest absolute Gasteiger partial charge is 0.480 e. The average molecular weight is 260 g/mol. The van der Waals surface area contributed by atoms with Gasteiger partial charge in [-0.2, -0.15) is 11.8 Å². The number of thioether (sulfide) groups is 1. The monoisotopic (exact) mass is 260 g/mol. The number of carbonyl (C=O) groups excluding carboxylic acids is 1. The van der Waals surface area contributed by atoms with Crippen molar-refractivity contribution in [1.82, 2.24) is 10.6 Å². The van der Waals surface area contributed by atoms with E-state index in [0.717, 1.165) is 12.2 Å².